The van der Waals surface area contributed by atoms with E-state index >= 15 is 0 Å². The van der Waals surface area contributed by atoms with Crippen LogP contribution in [0.15, 0.2) is 83.8 Å². The van der Waals surface area contributed by atoms with E-state index in [4.69, 9.17) is 4.74 Å². The van der Waals surface area contributed by atoms with E-state index in [0.717, 1.165) is 13.1 Å². The molecule has 38 heavy (non-hydrogen) atoms. The van der Waals surface area contributed by atoms with Crippen LogP contribution in [0, 0.1) is 6.92 Å². The summed E-state index contributed by atoms with van der Waals surface area (Å²) in [4.78, 5) is 17.5. The molecule has 1 heterocycles. The van der Waals surface area contributed by atoms with Crippen molar-refractivity contribution in [2.45, 2.75) is 31.7 Å². The predicted octanol–water partition coefficient (Wildman–Crippen LogP) is 4.34. The molecular weight excluding hydrogens is 498 g/mol. The van der Waals surface area contributed by atoms with Crippen LogP contribution in [0.25, 0.3) is 0 Å². The Morgan fingerprint density at radius 3 is 1.92 bits per heavy atom. The van der Waals surface area contributed by atoms with Crippen LogP contribution in [0.2, 0.25) is 0 Å². The molecule has 0 unspecified atom stereocenters. The number of nitrogens with zero attached hydrogens (tertiary/aromatic N) is 3. The summed E-state index contributed by atoms with van der Waals surface area (Å²) in [5.74, 6) is 0.448. The van der Waals surface area contributed by atoms with Crippen LogP contribution in [0.1, 0.15) is 36.6 Å². The zero-order valence-electron chi connectivity index (χ0n) is 22.4. The number of ether oxygens (including phenoxy) is 1. The average Bonchev–Trinajstić information content (AvgIpc) is 2.94. The van der Waals surface area contributed by atoms with Gasteiger partial charge in [0, 0.05) is 39.3 Å². The van der Waals surface area contributed by atoms with Crippen molar-refractivity contribution >= 4 is 15.9 Å². The molecule has 0 radical (unpaired) electrons. The fraction of sp³-hybridized carbons (Fsp3) is 0.367. The average molecular weight is 536 g/mol. The fourth-order valence-corrected chi connectivity index (χ4v) is 6.55. The summed E-state index contributed by atoms with van der Waals surface area (Å²) in [5.41, 5.74) is 3.16. The number of carbonyl (C=O) groups is 1. The number of sulfonamides is 1. The van der Waals surface area contributed by atoms with Gasteiger partial charge in [-0.15, -0.1) is 0 Å². The molecule has 0 spiro atoms. The Balaban J connectivity index is 1.37. The van der Waals surface area contributed by atoms with Crippen LogP contribution < -0.4 is 4.74 Å². The van der Waals surface area contributed by atoms with Crippen molar-refractivity contribution in [1.29, 1.82) is 0 Å². The lowest BCUT2D eigenvalue weighted by atomic mass is 9.96. The van der Waals surface area contributed by atoms with E-state index in [1.54, 1.807) is 25.1 Å². The molecule has 1 fully saturated rings. The zero-order valence-corrected chi connectivity index (χ0v) is 23.2. The summed E-state index contributed by atoms with van der Waals surface area (Å²) >= 11 is 0. The molecule has 1 amide bonds. The van der Waals surface area contributed by atoms with Gasteiger partial charge in [-0.2, -0.15) is 4.31 Å². The molecule has 0 aromatic heterocycles. The quantitative estimate of drug-likeness (QED) is 0.386. The molecule has 3 aromatic carbocycles. The third-order valence-corrected chi connectivity index (χ3v) is 9.15. The summed E-state index contributed by atoms with van der Waals surface area (Å²) < 4.78 is 32.9. The van der Waals surface area contributed by atoms with E-state index in [1.165, 1.54) is 15.4 Å². The monoisotopic (exact) mass is 535 g/mol. The number of benzene rings is 3. The number of piperazine rings is 1. The minimum atomic E-state index is -3.54. The fourth-order valence-electron chi connectivity index (χ4n) is 5.00. The van der Waals surface area contributed by atoms with Crippen LogP contribution in [0.3, 0.4) is 0 Å². The van der Waals surface area contributed by atoms with Gasteiger partial charge in [0.15, 0.2) is 6.61 Å². The number of carbonyl (C=O) groups excluding carboxylic acids is 1. The number of hydrogen-bond acceptors (Lipinski definition) is 5. The van der Waals surface area contributed by atoms with Crippen molar-refractivity contribution in [3.8, 4) is 5.75 Å². The first-order valence-electron chi connectivity index (χ1n) is 13.2. The van der Waals surface area contributed by atoms with Gasteiger partial charge >= 0.3 is 0 Å². The van der Waals surface area contributed by atoms with E-state index in [1.807, 2.05) is 30.9 Å². The molecular formula is C30H37N3O4S. The molecule has 8 heteroatoms. The van der Waals surface area contributed by atoms with Crippen LogP contribution in [-0.2, 0) is 14.8 Å². The Kier molecular flexibility index (Phi) is 9.20. The Morgan fingerprint density at radius 2 is 1.42 bits per heavy atom. The molecule has 0 bridgehead atoms. The summed E-state index contributed by atoms with van der Waals surface area (Å²) in [5, 5.41) is 0. The van der Waals surface area contributed by atoms with Gasteiger partial charge in [0.1, 0.15) is 5.75 Å². The number of amides is 1. The van der Waals surface area contributed by atoms with Gasteiger partial charge in [0.05, 0.1) is 10.9 Å². The Morgan fingerprint density at radius 1 is 0.868 bits per heavy atom. The van der Waals surface area contributed by atoms with E-state index in [2.05, 4.69) is 53.4 Å². The maximum atomic E-state index is 13.0. The lowest BCUT2D eigenvalue weighted by molar-refractivity contribution is -0.135. The van der Waals surface area contributed by atoms with Gasteiger partial charge in [0.25, 0.3) is 5.91 Å². The molecule has 202 valence electrons. The van der Waals surface area contributed by atoms with Gasteiger partial charge in [-0.3, -0.25) is 9.69 Å². The van der Waals surface area contributed by atoms with Crippen molar-refractivity contribution in [2.24, 2.45) is 0 Å². The molecule has 1 saturated heterocycles. The van der Waals surface area contributed by atoms with Gasteiger partial charge in [0.2, 0.25) is 10.0 Å². The highest BCUT2D eigenvalue weighted by Gasteiger charge is 2.28. The van der Waals surface area contributed by atoms with Crippen LogP contribution in [-0.4, -0.2) is 74.3 Å². The summed E-state index contributed by atoms with van der Waals surface area (Å²) in [7, 11) is -3.54. The molecule has 0 atom stereocenters. The van der Waals surface area contributed by atoms with Crippen molar-refractivity contribution < 1.29 is 17.9 Å². The molecule has 0 saturated carbocycles. The molecule has 7 nitrogen and oxygen atoms in total. The van der Waals surface area contributed by atoms with Crippen molar-refractivity contribution in [3.05, 3.63) is 95.6 Å². The Bertz CT molecular complexity index is 1260. The van der Waals surface area contributed by atoms with Crippen molar-refractivity contribution in [3.63, 3.8) is 0 Å². The van der Waals surface area contributed by atoms with Gasteiger partial charge < -0.3 is 9.64 Å². The van der Waals surface area contributed by atoms with E-state index < -0.39 is 10.0 Å². The highest BCUT2D eigenvalue weighted by atomic mass is 32.2. The molecule has 4 rings (SSSR count). The minimum absolute atomic E-state index is 0.0696. The lowest BCUT2D eigenvalue weighted by Crippen LogP contribution is -2.51. The second-order valence-electron chi connectivity index (χ2n) is 9.45. The van der Waals surface area contributed by atoms with E-state index in [-0.39, 0.29) is 23.5 Å². The topological polar surface area (TPSA) is 70.2 Å². The molecule has 3 aromatic rings. The summed E-state index contributed by atoms with van der Waals surface area (Å²) in [6.45, 7) is 8.95. The first-order valence-corrected chi connectivity index (χ1v) is 14.6. The van der Waals surface area contributed by atoms with Crippen LogP contribution in [0.4, 0.5) is 0 Å². The molecule has 1 aliphatic heterocycles. The van der Waals surface area contributed by atoms with Gasteiger partial charge in [-0.05, 0) is 41.8 Å². The third-order valence-electron chi connectivity index (χ3n) is 7.10. The highest BCUT2D eigenvalue weighted by Crippen LogP contribution is 2.29. The molecule has 0 aliphatic carbocycles. The predicted molar refractivity (Wildman–Crippen MR) is 150 cm³/mol. The second kappa shape index (κ2) is 12.6. The smallest absolute Gasteiger partial charge is 0.260 e. The largest absolute Gasteiger partial charge is 0.483 e. The molecule has 1 aliphatic rings. The van der Waals surface area contributed by atoms with E-state index in [0.29, 0.717) is 37.5 Å². The minimum Gasteiger partial charge on any atom is -0.483 e. The van der Waals surface area contributed by atoms with Crippen LogP contribution >= 0.6 is 0 Å². The van der Waals surface area contributed by atoms with Gasteiger partial charge in [-0.1, -0.05) is 74.5 Å². The first kappa shape index (κ1) is 27.8. The first-order chi connectivity index (χ1) is 18.3. The highest BCUT2D eigenvalue weighted by molar-refractivity contribution is 7.89. The SMILES string of the molecule is CCN(CC)S(=O)(=O)c1ccc(OCC(=O)N2CCN(C(c3ccccc3)c3ccccc3)CC2)c(C)c1. The standard InChI is InChI=1S/C30H37N3O4S/c1-4-33(5-2)38(35,36)27-16-17-28(24(3)22-27)37-23-29(34)31-18-20-32(21-19-31)30(25-12-8-6-9-13-25)26-14-10-7-11-15-26/h6-17,22,30H,4-5,18-21,23H2,1-3H3. The summed E-state index contributed by atoms with van der Waals surface area (Å²) in [6, 6.07) is 25.9. The normalized spacial score (nSPS) is 14.7. The number of rotatable bonds is 10. The van der Waals surface area contributed by atoms with E-state index in [9.17, 15) is 13.2 Å². The number of hydrogen-bond donors (Lipinski definition) is 0. The number of aryl methyl sites for hydroxylation is 1. The Hall–Kier alpha value is -3.20. The van der Waals surface area contributed by atoms with Crippen molar-refractivity contribution in [2.75, 3.05) is 45.9 Å². The zero-order chi connectivity index (χ0) is 27.1. The third kappa shape index (κ3) is 6.26. The Labute approximate surface area is 226 Å². The molecule has 0 N–H and O–H groups in total. The van der Waals surface area contributed by atoms with Crippen molar-refractivity contribution in [1.82, 2.24) is 14.1 Å². The maximum Gasteiger partial charge on any atom is 0.260 e. The second-order valence-corrected chi connectivity index (χ2v) is 11.4. The summed E-state index contributed by atoms with van der Waals surface area (Å²) in [6.07, 6.45) is 0. The van der Waals surface area contributed by atoms with Gasteiger partial charge in [-0.25, -0.2) is 8.42 Å². The van der Waals surface area contributed by atoms with Crippen LogP contribution in [0.5, 0.6) is 5.75 Å². The lowest BCUT2D eigenvalue weighted by Gasteiger charge is -2.39. The maximum absolute atomic E-state index is 13.0.